The molecule has 0 amide bonds. The molecular weight excluding hydrogens is 356 g/mol. The zero-order chi connectivity index (χ0) is 18.3. The fourth-order valence-electron chi connectivity index (χ4n) is 2.23. The van der Waals surface area contributed by atoms with Gasteiger partial charge in [-0.15, -0.1) is 11.3 Å². The minimum Gasteiger partial charge on any atom is -0.357 e. The number of primary sulfonamides is 1. The number of aryl methyl sites for hydroxylation is 1. The standard InChI is InChI=1S/C17H24N4O2S2/c1-3-19-17(21-12-16-13(2)9-11-24-16)20-10-8-14-4-6-15(7-5-14)25(18,22)23/h4-7,9,11H,3,8,10,12H2,1-2H3,(H2,18,22,23)(H2,19,20,21). The maximum Gasteiger partial charge on any atom is 0.238 e. The van der Waals surface area contributed by atoms with Crippen LogP contribution in [-0.4, -0.2) is 27.5 Å². The quantitative estimate of drug-likeness (QED) is 0.506. The first kappa shape index (κ1) is 19.4. The fourth-order valence-corrected chi connectivity index (χ4v) is 3.57. The molecule has 136 valence electrons. The summed E-state index contributed by atoms with van der Waals surface area (Å²) in [6.45, 7) is 6.26. The lowest BCUT2D eigenvalue weighted by Crippen LogP contribution is -2.38. The van der Waals surface area contributed by atoms with Crippen LogP contribution in [0.5, 0.6) is 0 Å². The number of benzene rings is 1. The van der Waals surface area contributed by atoms with Crippen molar-refractivity contribution >= 4 is 27.3 Å². The van der Waals surface area contributed by atoms with Crippen LogP contribution in [0, 0.1) is 6.92 Å². The molecular formula is C17H24N4O2S2. The van der Waals surface area contributed by atoms with E-state index in [1.54, 1.807) is 23.5 Å². The first-order valence-corrected chi connectivity index (χ1v) is 10.5. The van der Waals surface area contributed by atoms with Crippen molar-refractivity contribution in [2.45, 2.75) is 31.7 Å². The molecule has 0 saturated carbocycles. The number of aliphatic imine (C=N–C) groups is 1. The third kappa shape index (κ3) is 6.15. The molecule has 0 aliphatic rings. The van der Waals surface area contributed by atoms with Crippen LogP contribution in [0.1, 0.15) is 22.9 Å². The monoisotopic (exact) mass is 380 g/mol. The summed E-state index contributed by atoms with van der Waals surface area (Å²) in [6, 6.07) is 8.72. The Morgan fingerprint density at radius 1 is 1.20 bits per heavy atom. The van der Waals surface area contributed by atoms with Crippen molar-refractivity contribution < 1.29 is 8.42 Å². The zero-order valence-electron chi connectivity index (χ0n) is 14.5. The van der Waals surface area contributed by atoms with Crippen molar-refractivity contribution in [3.8, 4) is 0 Å². The van der Waals surface area contributed by atoms with E-state index < -0.39 is 10.0 Å². The van der Waals surface area contributed by atoms with Crippen LogP contribution < -0.4 is 15.8 Å². The van der Waals surface area contributed by atoms with Gasteiger partial charge in [0.2, 0.25) is 10.0 Å². The summed E-state index contributed by atoms with van der Waals surface area (Å²) in [6.07, 6.45) is 0.757. The van der Waals surface area contributed by atoms with Crippen molar-refractivity contribution in [2.24, 2.45) is 10.1 Å². The summed E-state index contributed by atoms with van der Waals surface area (Å²) >= 11 is 1.71. The van der Waals surface area contributed by atoms with Gasteiger partial charge in [-0.3, -0.25) is 0 Å². The SMILES string of the molecule is CCNC(=NCc1sccc1C)NCCc1ccc(S(N)(=O)=O)cc1. The van der Waals surface area contributed by atoms with E-state index in [9.17, 15) is 8.42 Å². The first-order chi connectivity index (χ1) is 11.9. The number of guanidine groups is 1. The van der Waals surface area contributed by atoms with Gasteiger partial charge in [-0.05, 0) is 55.0 Å². The van der Waals surface area contributed by atoms with Gasteiger partial charge in [0.05, 0.1) is 11.4 Å². The average Bonchev–Trinajstić information content (AvgIpc) is 2.97. The van der Waals surface area contributed by atoms with Crippen LogP contribution in [0.2, 0.25) is 0 Å². The number of nitrogens with two attached hydrogens (primary N) is 1. The van der Waals surface area contributed by atoms with Crippen molar-refractivity contribution in [1.29, 1.82) is 0 Å². The van der Waals surface area contributed by atoms with E-state index in [2.05, 4.69) is 34.0 Å². The van der Waals surface area contributed by atoms with Gasteiger partial charge in [0.1, 0.15) is 0 Å². The minimum absolute atomic E-state index is 0.130. The first-order valence-electron chi connectivity index (χ1n) is 8.07. The minimum atomic E-state index is -3.64. The number of hydrogen-bond donors (Lipinski definition) is 3. The predicted octanol–water partition coefficient (Wildman–Crippen LogP) is 2.00. The van der Waals surface area contributed by atoms with Crippen molar-refractivity contribution in [3.05, 3.63) is 51.7 Å². The maximum atomic E-state index is 11.3. The topological polar surface area (TPSA) is 96.6 Å². The Hall–Kier alpha value is -1.90. The molecule has 2 aromatic rings. The molecule has 0 spiro atoms. The molecule has 8 heteroatoms. The second kappa shape index (κ2) is 8.98. The highest BCUT2D eigenvalue weighted by atomic mass is 32.2. The van der Waals surface area contributed by atoms with Gasteiger partial charge >= 0.3 is 0 Å². The normalized spacial score (nSPS) is 12.2. The van der Waals surface area contributed by atoms with Crippen LogP contribution in [0.25, 0.3) is 0 Å². The second-order valence-electron chi connectivity index (χ2n) is 5.59. The summed E-state index contributed by atoms with van der Waals surface area (Å²) in [5.74, 6) is 0.774. The van der Waals surface area contributed by atoms with Crippen molar-refractivity contribution in [3.63, 3.8) is 0 Å². The average molecular weight is 381 g/mol. The lowest BCUT2D eigenvalue weighted by atomic mass is 10.1. The van der Waals surface area contributed by atoms with Gasteiger partial charge in [0.25, 0.3) is 0 Å². The summed E-state index contributed by atoms with van der Waals surface area (Å²) < 4.78 is 22.5. The fraction of sp³-hybridized carbons (Fsp3) is 0.353. The lowest BCUT2D eigenvalue weighted by molar-refractivity contribution is 0.598. The van der Waals surface area contributed by atoms with Crippen LogP contribution in [0.3, 0.4) is 0 Å². The molecule has 4 N–H and O–H groups in total. The molecule has 25 heavy (non-hydrogen) atoms. The Morgan fingerprint density at radius 3 is 2.48 bits per heavy atom. The number of thiophene rings is 1. The Balaban J connectivity index is 1.89. The molecule has 1 aromatic carbocycles. The lowest BCUT2D eigenvalue weighted by Gasteiger charge is -2.11. The molecule has 2 rings (SSSR count). The van der Waals surface area contributed by atoms with E-state index in [4.69, 9.17) is 5.14 Å². The smallest absolute Gasteiger partial charge is 0.238 e. The van der Waals surface area contributed by atoms with E-state index in [0.29, 0.717) is 13.1 Å². The Morgan fingerprint density at radius 2 is 1.92 bits per heavy atom. The number of nitrogens with zero attached hydrogens (tertiary/aromatic N) is 1. The van der Waals surface area contributed by atoms with Gasteiger partial charge in [0.15, 0.2) is 5.96 Å². The maximum absolute atomic E-state index is 11.3. The van der Waals surface area contributed by atoms with Crippen LogP contribution in [0.4, 0.5) is 0 Å². The van der Waals surface area contributed by atoms with Crippen molar-refractivity contribution in [1.82, 2.24) is 10.6 Å². The van der Waals surface area contributed by atoms with E-state index in [-0.39, 0.29) is 4.90 Å². The highest BCUT2D eigenvalue weighted by molar-refractivity contribution is 7.89. The van der Waals surface area contributed by atoms with Gasteiger partial charge in [-0.25, -0.2) is 18.5 Å². The van der Waals surface area contributed by atoms with Crippen LogP contribution in [-0.2, 0) is 23.0 Å². The van der Waals surface area contributed by atoms with Gasteiger partial charge in [-0.1, -0.05) is 12.1 Å². The molecule has 1 heterocycles. The van der Waals surface area contributed by atoms with Gasteiger partial charge in [-0.2, -0.15) is 0 Å². The number of nitrogens with one attached hydrogen (secondary N) is 2. The molecule has 1 aromatic heterocycles. The molecule has 0 fully saturated rings. The Kier molecular flexibility index (Phi) is 6.98. The highest BCUT2D eigenvalue weighted by Gasteiger charge is 2.06. The number of hydrogen-bond acceptors (Lipinski definition) is 4. The van der Waals surface area contributed by atoms with Crippen LogP contribution >= 0.6 is 11.3 Å². The number of sulfonamides is 1. The highest BCUT2D eigenvalue weighted by Crippen LogP contribution is 2.16. The van der Waals surface area contributed by atoms with E-state index in [1.165, 1.54) is 22.6 Å². The molecule has 0 atom stereocenters. The van der Waals surface area contributed by atoms with Gasteiger partial charge < -0.3 is 10.6 Å². The summed E-state index contributed by atoms with van der Waals surface area (Å²) in [5.41, 5.74) is 2.30. The Labute approximate surface area is 153 Å². The van der Waals surface area contributed by atoms with Crippen LogP contribution in [0.15, 0.2) is 45.6 Å². The Bertz CT molecular complexity index is 811. The predicted molar refractivity (Wildman–Crippen MR) is 103 cm³/mol. The molecule has 0 unspecified atom stereocenters. The van der Waals surface area contributed by atoms with Crippen molar-refractivity contribution in [2.75, 3.05) is 13.1 Å². The third-order valence-corrected chi connectivity index (χ3v) is 5.59. The second-order valence-corrected chi connectivity index (χ2v) is 8.15. The summed E-state index contributed by atoms with van der Waals surface area (Å²) in [5, 5.41) is 13.7. The number of rotatable bonds is 7. The molecule has 0 radical (unpaired) electrons. The molecule has 6 nitrogen and oxygen atoms in total. The largest absolute Gasteiger partial charge is 0.357 e. The third-order valence-electron chi connectivity index (χ3n) is 3.65. The van der Waals surface area contributed by atoms with E-state index in [1.807, 2.05) is 6.92 Å². The molecule has 0 saturated heterocycles. The molecule has 0 aliphatic heterocycles. The summed E-state index contributed by atoms with van der Waals surface area (Å²) in [7, 11) is -3.64. The van der Waals surface area contributed by atoms with E-state index >= 15 is 0 Å². The molecule has 0 aliphatic carbocycles. The molecule has 0 bridgehead atoms. The van der Waals surface area contributed by atoms with Gasteiger partial charge in [0, 0.05) is 18.0 Å². The van der Waals surface area contributed by atoms with E-state index in [0.717, 1.165) is 24.5 Å². The zero-order valence-corrected chi connectivity index (χ0v) is 16.1. The summed E-state index contributed by atoms with van der Waals surface area (Å²) in [4.78, 5) is 5.99.